The van der Waals surface area contributed by atoms with E-state index >= 15 is 0 Å². The Morgan fingerprint density at radius 3 is 3.00 bits per heavy atom. The van der Waals surface area contributed by atoms with Gasteiger partial charge in [-0.2, -0.15) is 0 Å². The van der Waals surface area contributed by atoms with Crippen LogP contribution < -0.4 is 5.32 Å². The van der Waals surface area contributed by atoms with Gasteiger partial charge in [-0.1, -0.05) is 27.5 Å². The zero-order valence-corrected chi connectivity index (χ0v) is 10.2. The monoisotopic (exact) mass is 293 g/mol. The summed E-state index contributed by atoms with van der Waals surface area (Å²) < 4.78 is 19.6. The van der Waals surface area contributed by atoms with Crippen molar-refractivity contribution in [1.29, 1.82) is 0 Å². The Hall–Kier alpha value is -0.160. The molecule has 1 atom stereocenters. The largest absolute Gasteiger partial charge is 0.371 e. The molecule has 0 radical (unpaired) electrons. The summed E-state index contributed by atoms with van der Waals surface area (Å²) >= 11 is 9.13. The average Bonchev–Trinajstić information content (AvgIpc) is 2.24. The summed E-state index contributed by atoms with van der Waals surface area (Å²) in [6, 6.07) is 3.14. The molecule has 1 N–H and O–H groups in total. The van der Waals surface area contributed by atoms with Gasteiger partial charge in [-0.25, -0.2) is 4.39 Å². The van der Waals surface area contributed by atoms with Crippen LogP contribution in [-0.4, -0.2) is 19.7 Å². The lowest BCUT2D eigenvalue weighted by atomic mass is 10.1. The van der Waals surface area contributed by atoms with Gasteiger partial charge in [0.15, 0.2) is 0 Å². The van der Waals surface area contributed by atoms with Crippen molar-refractivity contribution in [2.75, 3.05) is 19.7 Å². The molecule has 0 aromatic heterocycles. The van der Waals surface area contributed by atoms with E-state index in [-0.39, 0.29) is 11.1 Å². The van der Waals surface area contributed by atoms with E-state index in [1.165, 1.54) is 6.07 Å². The van der Waals surface area contributed by atoms with Gasteiger partial charge in [0.25, 0.3) is 0 Å². The first-order valence-electron chi connectivity index (χ1n) is 4.65. The number of rotatable bonds is 1. The highest BCUT2D eigenvalue weighted by atomic mass is 79.9. The molecule has 2 nitrogen and oxygen atoms in total. The predicted octanol–water partition coefficient (Wildman–Crippen LogP) is 2.90. The lowest BCUT2D eigenvalue weighted by Crippen LogP contribution is -2.33. The SMILES string of the molecule is Fc1cc(Br)cc(C2CNCCO2)c1Cl. The summed E-state index contributed by atoms with van der Waals surface area (Å²) in [5.41, 5.74) is 0.691. The molecule has 82 valence electrons. The van der Waals surface area contributed by atoms with E-state index < -0.39 is 5.82 Å². The van der Waals surface area contributed by atoms with E-state index in [4.69, 9.17) is 16.3 Å². The molecule has 2 rings (SSSR count). The van der Waals surface area contributed by atoms with Crippen LogP contribution in [0.3, 0.4) is 0 Å². The zero-order chi connectivity index (χ0) is 10.8. The molecule has 15 heavy (non-hydrogen) atoms. The van der Waals surface area contributed by atoms with Crippen molar-refractivity contribution in [2.24, 2.45) is 0 Å². The third-order valence-electron chi connectivity index (χ3n) is 2.30. The van der Waals surface area contributed by atoms with Crippen molar-refractivity contribution < 1.29 is 9.13 Å². The van der Waals surface area contributed by atoms with E-state index in [2.05, 4.69) is 21.2 Å². The number of benzene rings is 1. The topological polar surface area (TPSA) is 21.3 Å². The highest BCUT2D eigenvalue weighted by molar-refractivity contribution is 9.10. The Balaban J connectivity index is 2.33. The van der Waals surface area contributed by atoms with Crippen LogP contribution in [-0.2, 0) is 4.74 Å². The lowest BCUT2D eigenvalue weighted by Gasteiger charge is -2.25. The van der Waals surface area contributed by atoms with Crippen LogP contribution in [0.2, 0.25) is 5.02 Å². The third kappa shape index (κ3) is 2.50. The molecule has 5 heteroatoms. The lowest BCUT2D eigenvalue weighted by molar-refractivity contribution is 0.0275. The van der Waals surface area contributed by atoms with E-state index in [0.29, 0.717) is 23.2 Å². The maximum atomic E-state index is 13.4. The van der Waals surface area contributed by atoms with Gasteiger partial charge in [-0.15, -0.1) is 0 Å². The molecule has 0 spiro atoms. The van der Waals surface area contributed by atoms with Crippen LogP contribution in [0.25, 0.3) is 0 Å². The summed E-state index contributed by atoms with van der Waals surface area (Å²) in [7, 11) is 0. The Morgan fingerprint density at radius 1 is 1.53 bits per heavy atom. The quantitative estimate of drug-likeness (QED) is 0.804. The fourth-order valence-electron chi connectivity index (χ4n) is 1.58. The summed E-state index contributed by atoms with van der Waals surface area (Å²) in [6.45, 7) is 2.11. The Morgan fingerprint density at radius 2 is 2.33 bits per heavy atom. The van der Waals surface area contributed by atoms with Gasteiger partial charge < -0.3 is 10.1 Å². The molecule has 1 aromatic rings. The van der Waals surface area contributed by atoms with Crippen LogP contribution in [0.4, 0.5) is 4.39 Å². The highest BCUT2D eigenvalue weighted by Crippen LogP contribution is 2.31. The first-order valence-corrected chi connectivity index (χ1v) is 5.82. The molecular weight excluding hydrogens is 284 g/mol. The molecule has 1 aliphatic rings. The third-order valence-corrected chi connectivity index (χ3v) is 3.15. The van der Waals surface area contributed by atoms with Crippen LogP contribution in [0.15, 0.2) is 16.6 Å². The van der Waals surface area contributed by atoms with Crippen molar-refractivity contribution in [2.45, 2.75) is 6.10 Å². The minimum absolute atomic E-state index is 0.145. The Bertz CT molecular complexity index is 369. The molecule has 0 amide bonds. The van der Waals surface area contributed by atoms with Crippen LogP contribution >= 0.6 is 27.5 Å². The fraction of sp³-hybridized carbons (Fsp3) is 0.400. The minimum atomic E-state index is -0.421. The molecule has 0 aliphatic carbocycles. The zero-order valence-electron chi connectivity index (χ0n) is 7.90. The van der Waals surface area contributed by atoms with Gasteiger partial charge in [0.2, 0.25) is 0 Å². The standard InChI is InChI=1S/C10H10BrClFNO/c11-6-3-7(10(12)8(13)4-6)9-5-14-1-2-15-9/h3-4,9,14H,1-2,5H2. The first kappa shape index (κ1) is 11.3. The van der Waals surface area contributed by atoms with Gasteiger partial charge in [-0.3, -0.25) is 0 Å². The Labute approximate surface area is 101 Å². The van der Waals surface area contributed by atoms with Gasteiger partial charge in [0, 0.05) is 23.1 Å². The number of halogens is 3. The maximum absolute atomic E-state index is 13.4. The summed E-state index contributed by atoms with van der Waals surface area (Å²) in [5.74, 6) is -0.421. The molecule has 1 unspecified atom stereocenters. The molecule has 1 aromatic carbocycles. The van der Waals surface area contributed by atoms with Crippen molar-refractivity contribution in [3.8, 4) is 0 Å². The van der Waals surface area contributed by atoms with Crippen molar-refractivity contribution in [1.82, 2.24) is 5.32 Å². The van der Waals surface area contributed by atoms with Crippen LogP contribution in [0.5, 0.6) is 0 Å². The van der Waals surface area contributed by atoms with Crippen molar-refractivity contribution in [3.63, 3.8) is 0 Å². The molecule has 0 saturated carbocycles. The second-order valence-electron chi connectivity index (χ2n) is 3.35. The summed E-state index contributed by atoms with van der Waals surface area (Å²) in [5, 5.41) is 3.32. The van der Waals surface area contributed by atoms with Gasteiger partial charge in [-0.05, 0) is 12.1 Å². The van der Waals surface area contributed by atoms with E-state index in [9.17, 15) is 4.39 Å². The first-order chi connectivity index (χ1) is 7.18. The van der Waals surface area contributed by atoms with Gasteiger partial charge in [0.05, 0.1) is 17.7 Å². The molecule has 1 fully saturated rings. The summed E-state index contributed by atoms with van der Waals surface area (Å²) in [6.07, 6.45) is -0.168. The number of hydrogen-bond acceptors (Lipinski definition) is 2. The minimum Gasteiger partial charge on any atom is -0.371 e. The van der Waals surface area contributed by atoms with E-state index in [1.807, 2.05) is 0 Å². The molecule has 1 aliphatic heterocycles. The predicted molar refractivity (Wildman–Crippen MR) is 60.7 cm³/mol. The second kappa shape index (κ2) is 4.78. The molecule has 1 heterocycles. The molecule has 0 bridgehead atoms. The Kier molecular flexibility index (Phi) is 3.61. The van der Waals surface area contributed by atoms with Gasteiger partial charge in [0.1, 0.15) is 5.82 Å². The van der Waals surface area contributed by atoms with Crippen molar-refractivity contribution >= 4 is 27.5 Å². The molecular formula is C10H10BrClFNO. The molecule has 1 saturated heterocycles. The normalized spacial score (nSPS) is 21.7. The fourth-order valence-corrected chi connectivity index (χ4v) is 2.25. The smallest absolute Gasteiger partial charge is 0.143 e. The van der Waals surface area contributed by atoms with Gasteiger partial charge >= 0.3 is 0 Å². The van der Waals surface area contributed by atoms with Crippen LogP contribution in [0, 0.1) is 5.82 Å². The van der Waals surface area contributed by atoms with Crippen molar-refractivity contribution in [3.05, 3.63) is 33.0 Å². The van der Waals surface area contributed by atoms with Crippen LogP contribution in [0.1, 0.15) is 11.7 Å². The average molecular weight is 295 g/mol. The second-order valence-corrected chi connectivity index (χ2v) is 4.65. The van der Waals surface area contributed by atoms with E-state index in [1.54, 1.807) is 6.07 Å². The maximum Gasteiger partial charge on any atom is 0.143 e. The number of hydrogen-bond donors (Lipinski definition) is 1. The summed E-state index contributed by atoms with van der Waals surface area (Å²) in [4.78, 5) is 0. The number of morpholine rings is 1. The highest BCUT2D eigenvalue weighted by Gasteiger charge is 2.20. The van der Waals surface area contributed by atoms with E-state index in [0.717, 1.165) is 6.54 Å². The number of nitrogens with one attached hydrogen (secondary N) is 1. The number of ether oxygens (including phenoxy) is 1.